The summed E-state index contributed by atoms with van der Waals surface area (Å²) in [5, 5.41) is 2.70. The minimum Gasteiger partial charge on any atom is -0.369 e. The van der Waals surface area contributed by atoms with E-state index in [4.69, 9.17) is 5.73 Å². The van der Waals surface area contributed by atoms with Crippen molar-refractivity contribution in [2.24, 2.45) is 11.7 Å². The second kappa shape index (κ2) is 7.86. The number of nitrogens with two attached hydrogens (primary N) is 1. The van der Waals surface area contributed by atoms with Gasteiger partial charge in [0, 0.05) is 42.5 Å². The predicted octanol–water partition coefficient (Wildman–Crippen LogP) is 0.965. The molecule has 0 unspecified atom stereocenters. The van der Waals surface area contributed by atoms with Gasteiger partial charge in [-0.1, -0.05) is 0 Å². The summed E-state index contributed by atoms with van der Waals surface area (Å²) in [7, 11) is 0. The third-order valence-electron chi connectivity index (χ3n) is 4.62. The van der Waals surface area contributed by atoms with E-state index in [1.165, 1.54) is 18.3 Å². The zero-order valence-corrected chi connectivity index (χ0v) is 14.6. The van der Waals surface area contributed by atoms with Crippen LogP contribution in [0.3, 0.4) is 0 Å². The maximum atomic E-state index is 12.6. The number of aromatic nitrogens is 1. The van der Waals surface area contributed by atoms with E-state index in [1.807, 2.05) is 0 Å². The molecule has 1 aromatic heterocycles. The molecule has 4 N–H and O–H groups in total. The third-order valence-corrected chi connectivity index (χ3v) is 4.62. The first-order valence-electron chi connectivity index (χ1n) is 8.63. The van der Waals surface area contributed by atoms with Crippen molar-refractivity contribution in [2.45, 2.75) is 12.8 Å². The van der Waals surface area contributed by atoms with Crippen LogP contribution in [0.5, 0.6) is 0 Å². The summed E-state index contributed by atoms with van der Waals surface area (Å²) in [6, 6.07) is 9.29. The fourth-order valence-electron chi connectivity index (χ4n) is 3.00. The lowest BCUT2D eigenvalue weighted by molar-refractivity contribution is -0.123. The molecule has 2 heterocycles. The number of pyridine rings is 1. The summed E-state index contributed by atoms with van der Waals surface area (Å²) in [5.74, 6) is -0.959. The minimum absolute atomic E-state index is 0.114. The van der Waals surface area contributed by atoms with Gasteiger partial charge in [0.15, 0.2) is 0 Å². The summed E-state index contributed by atoms with van der Waals surface area (Å²) >= 11 is 0. The molecule has 3 rings (SSSR count). The molecule has 0 radical (unpaired) electrons. The van der Waals surface area contributed by atoms with Crippen LogP contribution in [-0.2, 0) is 4.79 Å². The molecule has 1 aromatic carbocycles. The Kier molecular flexibility index (Phi) is 5.35. The Morgan fingerprint density at radius 3 is 2.19 bits per heavy atom. The number of carbonyl (C=O) groups excluding carboxylic acids is 3. The van der Waals surface area contributed by atoms with Gasteiger partial charge < -0.3 is 20.9 Å². The average molecular weight is 368 g/mol. The molecular formula is C19H20N4O4. The summed E-state index contributed by atoms with van der Waals surface area (Å²) in [6.07, 6.45) is 2.49. The van der Waals surface area contributed by atoms with Gasteiger partial charge in [0.25, 0.3) is 11.8 Å². The molecule has 0 aliphatic carbocycles. The number of hydrogen-bond donors (Lipinski definition) is 3. The highest BCUT2D eigenvalue weighted by atomic mass is 16.2. The summed E-state index contributed by atoms with van der Waals surface area (Å²) < 4.78 is 0. The summed E-state index contributed by atoms with van der Waals surface area (Å²) in [6.45, 7) is 0.994. The maximum absolute atomic E-state index is 12.6. The highest BCUT2D eigenvalue weighted by molar-refractivity contribution is 6.04. The van der Waals surface area contributed by atoms with Gasteiger partial charge in [-0.25, -0.2) is 0 Å². The second-order valence-electron chi connectivity index (χ2n) is 6.44. The van der Waals surface area contributed by atoms with Gasteiger partial charge >= 0.3 is 0 Å². The number of H-pyrrole nitrogens is 1. The molecule has 3 amide bonds. The Hall–Kier alpha value is -3.42. The van der Waals surface area contributed by atoms with E-state index in [9.17, 15) is 19.2 Å². The van der Waals surface area contributed by atoms with Crippen LogP contribution in [0.4, 0.5) is 5.69 Å². The quantitative estimate of drug-likeness (QED) is 0.743. The SMILES string of the molecule is NC(=O)C1CCN(C(=O)c2ccc(NC(=O)c3ccc(=O)[nH]c3)cc2)CC1. The monoisotopic (exact) mass is 368 g/mol. The van der Waals surface area contributed by atoms with Crippen molar-refractivity contribution in [3.05, 3.63) is 64.1 Å². The van der Waals surface area contributed by atoms with Crippen LogP contribution in [-0.4, -0.2) is 40.7 Å². The maximum Gasteiger partial charge on any atom is 0.257 e. The van der Waals surface area contributed by atoms with Crippen LogP contribution in [0, 0.1) is 5.92 Å². The first kappa shape index (κ1) is 18.4. The van der Waals surface area contributed by atoms with Gasteiger partial charge in [-0.15, -0.1) is 0 Å². The second-order valence-corrected chi connectivity index (χ2v) is 6.44. The molecule has 0 atom stereocenters. The fraction of sp³-hybridized carbons (Fsp3) is 0.263. The fourth-order valence-corrected chi connectivity index (χ4v) is 3.00. The number of hydrogen-bond acceptors (Lipinski definition) is 4. The number of likely N-dealkylation sites (tertiary alicyclic amines) is 1. The van der Waals surface area contributed by atoms with E-state index < -0.39 is 0 Å². The molecule has 1 aliphatic heterocycles. The Bertz CT molecular complexity index is 892. The van der Waals surface area contributed by atoms with Crippen molar-refractivity contribution < 1.29 is 14.4 Å². The van der Waals surface area contributed by atoms with Gasteiger partial charge in [-0.05, 0) is 43.2 Å². The number of amides is 3. The molecule has 1 fully saturated rings. The standard InChI is InChI=1S/C19H20N4O4/c20-17(25)12-7-9-23(10-8-12)19(27)13-1-4-15(5-2-13)22-18(26)14-3-6-16(24)21-11-14/h1-6,11-12H,7-10H2,(H2,20,25)(H,21,24)(H,22,26). The molecule has 0 spiro atoms. The molecule has 27 heavy (non-hydrogen) atoms. The van der Waals surface area contributed by atoms with Crippen LogP contribution in [0.1, 0.15) is 33.6 Å². The van der Waals surface area contributed by atoms with Gasteiger partial charge in [-0.2, -0.15) is 0 Å². The van der Waals surface area contributed by atoms with Crippen LogP contribution in [0.15, 0.2) is 47.4 Å². The van der Waals surface area contributed by atoms with Crippen molar-refractivity contribution in [1.82, 2.24) is 9.88 Å². The molecule has 0 saturated carbocycles. The number of piperidine rings is 1. The van der Waals surface area contributed by atoms with Crippen molar-refractivity contribution in [3.8, 4) is 0 Å². The van der Waals surface area contributed by atoms with Crippen LogP contribution < -0.4 is 16.6 Å². The van der Waals surface area contributed by atoms with Gasteiger partial charge in [-0.3, -0.25) is 19.2 Å². The number of carbonyl (C=O) groups is 3. The van der Waals surface area contributed by atoms with Gasteiger partial charge in [0.2, 0.25) is 11.5 Å². The normalized spacial score (nSPS) is 14.6. The Balaban J connectivity index is 1.60. The molecule has 1 saturated heterocycles. The van der Waals surface area contributed by atoms with E-state index in [0.717, 1.165) is 0 Å². The lowest BCUT2D eigenvalue weighted by Gasteiger charge is -2.30. The Morgan fingerprint density at radius 2 is 1.63 bits per heavy atom. The Morgan fingerprint density at radius 1 is 1.00 bits per heavy atom. The van der Waals surface area contributed by atoms with E-state index in [-0.39, 0.29) is 29.2 Å². The van der Waals surface area contributed by atoms with E-state index in [2.05, 4.69) is 10.3 Å². The van der Waals surface area contributed by atoms with Crippen LogP contribution >= 0.6 is 0 Å². The number of aromatic amines is 1. The van der Waals surface area contributed by atoms with Crippen LogP contribution in [0.2, 0.25) is 0 Å². The van der Waals surface area contributed by atoms with E-state index >= 15 is 0 Å². The molecule has 8 heteroatoms. The van der Waals surface area contributed by atoms with Crippen molar-refractivity contribution >= 4 is 23.4 Å². The molecular weight excluding hydrogens is 348 g/mol. The average Bonchev–Trinajstić information content (AvgIpc) is 2.68. The molecule has 0 bridgehead atoms. The Labute approximate surface area is 155 Å². The van der Waals surface area contributed by atoms with Crippen LogP contribution in [0.25, 0.3) is 0 Å². The lowest BCUT2D eigenvalue weighted by atomic mass is 9.96. The number of rotatable bonds is 4. The number of nitrogens with one attached hydrogen (secondary N) is 2. The number of benzene rings is 1. The highest BCUT2D eigenvalue weighted by Gasteiger charge is 2.26. The molecule has 2 aromatic rings. The predicted molar refractivity (Wildman–Crippen MR) is 99.3 cm³/mol. The third kappa shape index (κ3) is 4.41. The van der Waals surface area contributed by atoms with E-state index in [1.54, 1.807) is 29.2 Å². The zero-order chi connectivity index (χ0) is 19.4. The largest absolute Gasteiger partial charge is 0.369 e. The topological polar surface area (TPSA) is 125 Å². The van der Waals surface area contributed by atoms with Crippen molar-refractivity contribution in [1.29, 1.82) is 0 Å². The zero-order valence-electron chi connectivity index (χ0n) is 14.6. The number of primary amides is 1. The van der Waals surface area contributed by atoms with Crippen molar-refractivity contribution in [2.75, 3.05) is 18.4 Å². The minimum atomic E-state index is -0.362. The summed E-state index contributed by atoms with van der Waals surface area (Å²) in [4.78, 5) is 51.1. The lowest BCUT2D eigenvalue weighted by Crippen LogP contribution is -2.41. The van der Waals surface area contributed by atoms with Crippen molar-refractivity contribution in [3.63, 3.8) is 0 Å². The number of nitrogens with zero attached hydrogens (tertiary/aromatic N) is 1. The summed E-state index contributed by atoms with van der Waals surface area (Å²) in [5.41, 5.74) is 6.40. The first-order chi connectivity index (χ1) is 12.9. The van der Waals surface area contributed by atoms with Gasteiger partial charge in [0.05, 0.1) is 5.56 Å². The number of anilines is 1. The molecule has 1 aliphatic rings. The highest BCUT2D eigenvalue weighted by Crippen LogP contribution is 2.19. The van der Waals surface area contributed by atoms with E-state index in [0.29, 0.717) is 42.7 Å². The first-order valence-corrected chi connectivity index (χ1v) is 8.63. The smallest absolute Gasteiger partial charge is 0.257 e. The molecule has 140 valence electrons. The van der Waals surface area contributed by atoms with Gasteiger partial charge in [0.1, 0.15) is 0 Å². The molecule has 8 nitrogen and oxygen atoms in total.